The molecule has 0 bridgehead atoms. The molecule has 0 spiro atoms. The Bertz CT molecular complexity index is 659. The van der Waals surface area contributed by atoms with E-state index in [2.05, 4.69) is 4.98 Å². The van der Waals surface area contributed by atoms with Crippen molar-refractivity contribution in [3.05, 3.63) is 34.0 Å². The van der Waals surface area contributed by atoms with Crippen molar-refractivity contribution in [1.82, 2.24) is 9.55 Å². The monoisotopic (exact) mass is 324 g/mol. The molecule has 20 heavy (non-hydrogen) atoms. The molecular formula is C12H9Cl2F3N2O. The minimum absolute atomic E-state index is 0.0201. The van der Waals surface area contributed by atoms with Gasteiger partial charge in [-0.15, -0.1) is 0 Å². The lowest BCUT2D eigenvalue weighted by molar-refractivity contribution is 0.0683. The lowest BCUT2D eigenvalue weighted by Gasteiger charge is -2.07. The van der Waals surface area contributed by atoms with Gasteiger partial charge < -0.3 is 4.74 Å². The molecule has 0 aliphatic heterocycles. The smallest absolute Gasteiger partial charge is 0.321 e. The van der Waals surface area contributed by atoms with Gasteiger partial charge in [-0.05, 0) is 19.1 Å². The molecule has 1 aromatic carbocycles. The molecule has 0 N–H and O–H groups in total. The molecular weight excluding hydrogens is 316 g/mol. The second-order valence-corrected chi connectivity index (χ2v) is 4.68. The number of aromatic nitrogens is 2. The topological polar surface area (TPSA) is 27.1 Å². The van der Waals surface area contributed by atoms with Crippen LogP contribution in [0.5, 0.6) is 5.75 Å². The van der Waals surface area contributed by atoms with Gasteiger partial charge in [0.1, 0.15) is 28.2 Å². The molecule has 0 radical (unpaired) electrons. The first-order valence-corrected chi connectivity index (χ1v) is 6.18. The Labute approximate surface area is 122 Å². The molecule has 0 aliphatic carbocycles. The van der Waals surface area contributed by atoms with Crippen molar-refractivity contribution in [3.63, 3.8) is 0 Å². The van der Waals surface area contributed by atoms with Crippen molar-refractivity contribution >= 4 is 23.2 Å². The molecule has 0 aliphatic rings. The zero-order valence-electron chi connectivity index (χ0n) is 10.4. The molecule has 0 atom stereocenters. The van der Waals surface area contributed by atoms with Gasteiger partial charge in [-0.3, -0.25) is 4.57 Å². The summed E-state index contributed by atoms with van der Waals surface area (Å²) in [5, 5.41) is -0.282. The number of nitrogens with zero attached hydrogens (tertiary/aromatic N) is 2. The molecule has 0 fully saturated rings. The fourth-order valence-electron chi connectivity index (χ4n) is 1.78. The van der Waals surface area contributed by atoms with Crippen molar-refractivity contribution in [2.45, 2.75) is 13.5 Å². The molecule has 3 nitrogen and oxygen atoms in total. The molecule has 0 saturated carbocycles. The van der Waals surface area contributed by atoms with Gasteiger partial charge in [0.25, 0.3) is 0 Å². The van der Waals surface area contributed by atoms with Crippen molar-refractivity contribution in [2.75, 3.05) is 7.11 Å². The van der Waals surface area contributed by atoms with Crippen LogP contribution in [-0.2, 0) is 0 Å². The molecule has 8 heteroatoms. The summed E-state index contributed by atoms with van der Waals surface area (Å²) in [5.74, 6) is -0.548. The number of hydrogen-bond donors (Lipinski definition) is 0. The number of imidazole rings is 1. The first-order valence-electron chi connectivity index (χ1n) is 5.42. The number of hydrogen-bond acceptors (Lipinski definition) is 2. The quantitative estimate of drug-likeness (QED) is 0.817. The number of alkyl halides is 2. The first-order chi connectivity index (χ1) is 9.36. The van der Waals surface area contributed by atoms with E-state index < -0.39 is 12.4 Å². The van der Waals surface area contributed by atoms with Crippen LogP contribution in [0.4, 0.5) is 13.2 Å². The van der Waals surface area contributed by atoms with Crippen LogP contribution in [0.1, 0.15) is 12.4 Å². The minimum atomic E-state index is -2.86. The summed E-state index contributed by atoms with van der Waals surface area (Å²) in [6.07, 6.45) is 0. The maximum atomic E-state index is 13.9. The zero-order chi connectivity index (χ0) is 15.0. The van der Waals surface area contributed by atoms with E-state index in [-0.39, 0.29) is 33.0 Å². The third kappa shape index (κ3) is 2.45. The minimum Gasteiger partial charge on any atom is -0.495 e. The summed E-state index contributed by atoms with van der Waals surface area (Å²) in [5.41, 5.74) is -0.143. The Balaban J connectivity index is 2.66. The largest absolute Gasteiger partial charge is 0.495 e. The van der Waals surface area contributed by atoms with Gasteiger partial charge in [-0.1, -0.05) is 23.2 Å². The Morgan fingerprint density at radius 2 is 1.95 bits per heavy atom. The average molecular weight is 325 g/mol. The van der Waals surface area contributed by atoms with E-state index in [1.807, 2.05) is 0 Å². The number of benzene rings is 1. The number of aryl methyl sites for hydroxylation is 1. The second-order valence-electron chi connectivity index (χ2n) is 3.91. The normalized spacial score (nSPS) is 11.2. The standard InChI is InChI=1S/C12H9Cl2F3N2O/c1-5-18-10(11(14)19(5)12(16)17)6-3-9(20-2)7(13)4-8(6)15/h3-4,12H,1-2H3. The van der Waals surface area contributed by atoms with E-state index in [0.29, 0.717) is 4.57 Å². The van der Waals surface area contributed by atoms with Crippen LogP contribution in [0.2, 0.25) is 10.2 Å². The van der Waals surface area contributed by atoms with Crippen molar-refractivity contribution < 1.29 is 17.9 Å². The third-order valence-electron chi connectivity index (χ3n) is 2.72. The predicted molar refractivity (Wildman–Crippen MR) is 70.2 cm³/mol. The highest BCUT2D eigenvalue weighted by atomic mass is 35.5. The van der Waals surface area contributed by atoms with Gasteiger partial charge in [0.15, 0.2) is 0 Å². The molecule has 0 amide bonds. The summed E-state index contributed by atoms with van der Waals surface area (Å²) < 4.78 is 45.1. The highest BCUT2D eigenvalue weighted by Gasteiger charge is 2.23. The van der Waals surface area contributed by atoms with Gasteiger partial charge in [0, 0.05) is 5.56 Å². The number of halogens is 5. The summed E-state index contributed by atoms with van der Waals surface area (Å²) in [7, 11) is 1.35. The Morgan fingerprint density at radius 1 is 1.30 bits per heavy atom. The van der Waals surface area contributed by atoms with E-state index in [9.17, 15) is 13.2 Å². The average Bonchev–Trinajstić information content (AvgIpc) is 2.65. The highest BCUT2D eigenvalue weighted by Crippen LogP contribution is 2.37. The summed E-state index contributed by atoms with van der Waals surface area (Å²) in [6.45, 7) is -1.51. The predicted octanol–water partition coefficient (Wildman–Crippen LogP) is 4.71. The second kappa shape index (κ2) is 5.54. The van der Waals surface area contributed by atoms with Crippen LogP contribution >= 0.6 is 23.2 Å². The van der Waals surface area contributed by atoms with Crippen LogP contribution < -0.4 is 4.74 Å². The van der Waals surface area contributed by atoms with Gasteiger partial charge in [-0.2, -0.15) is 8.78 Å². The molecule has 108 valence electrons. The maximum Gasteiger partial charge on any atom is 0.321 e. The van der Waals surface area contributed by atoms with E-state index in [1.54, 1.807) is 0 Å². The molecule has 1 heterocycles. The van der Waals surface area contributed by atoms with Crippen molar-refractivity contribution in [2.24, 2.45) is 0 Å². The highest BCUT2D eigenvalue weighted by molar-refractivity contribution is 6.33. The van der Waals surface area contributed by atoms with Crippen LogP contribution in [0, 0.1) is 12.7 Å². The molecule has 0 saturated heterocycles. The summed E-state index contributed by atoms with van der Waals surface area (Å²) in [4.78, 5) is 3.88. The van der Waals surface area contributed by atoms with E-state index in [4.69, 9.17) is 27.9 Å². The summed E-state index contributed by atoms with van der Waals surface area (Å²) in [6, 6.07) is 2.28. The Kier molecular flexibility index (Phi) is 4.15. The van der Waals surface area contributed by atoms with E-state index in [0.717, 1.165) is 6.07 Å². The number of ether oxygens (including phenoxy) is 1. The molecule has 0 unspecified atom stereocenters. The fraction of sp³-hybridized carbons (Fsp3) is 0.250. The van der Waals surface area contributed by atoms with Crippen LogP contribution in [0.25, 0.3) is 11.3 Å². The molecule has 2 aromatic rings. The van der Waals surface area contributed by atoms with Crippen molar-refractivity contribution in [1.29, 1.82) is 0 Å². The van der Waals surface area contributed by atoms with Crippen molar-refractivity contribution in [3.8, 4) is 17.0 Å². The molecule has 2 rings (SSSR count). The third-order valence-corrected chi connectivity index (χ3v) is 3.38. The van der Waals surface area contributed by atoms with Gasteiger partial charge >= 0.3 is 6.55 Å². The lowest BCUT2D eigenvalue weighted by atomic mass is 10.1. The van der Waals surface area contributed by atoms with Gasteiger partial charge in [0.05, 0.1) is 12.1 Å². The van der Waals surface area contributed by atoms with Crippen LogP contribution in [0.3, 0.4) is 0 Å². The van der Waals surface area contributed by atoms with Crippen LogP contribution in [0.15, 0.2) is 12.1 Å². The first kappa shape index (κ1) is 15.0. The Morgan fingerprint density at radius 3 is 2.45 bits per heavy atom. The Hall–Kier alpha value is -1.40. The van der Waals surface area contributed by atoms with E-state index >= 15 is 0 Å². The molecule has 1 aromatic heterocycles. The van der Waals surface area contributed by atoms with E-state index in [1.165, 1.54) is 20.1 Å². The fourth-order valence-corrected chi connectivity index (χ4v) is 2.35. The lowest BCUT2D eigenvalue weighted by Crippen LogP contribution is -2.00. The van der Waals surface area contributed by atoms with Gasteiger partial charge in [-0.25, -0.2) is 9.37 Å². The number of rotatable bonds is 3. The van der Waals surface area contributed by atoms with Gasteiger partial charge in [0.2, 0.25) is 0 Å². The summed E-state index contributed by atoms with van der Waals surface area (Å²) >= 11 is 11.6. The maximum absolute atomic E-state index is 13.9. The SMILES string of the molecule is COc1cc(-c2nc(C)n(C(F)F)c2Cl)c(F)cc1Cl. The zero-order valence-corrected chi connectivity index (χ0v) is 11.9. The van der Waals surface area contributed by atoms with Crippen LogP contribution in [-0.4, -0.2) is 16.7 Å². The number of methoxy groups -OCH3 is 1.